The molecule has 1 rings (SSSR count). The Morgan fingerprint density at radius 2 is 1.46 bits per heavy atom. The van der Waals surface area contributed by atoms with E-state index in [0.29, 0.717) is 19.3 Å². The fraction of sp³-hybridized carbons (Fsp3) is 0.593. The average molecular weight is 548 g/mol. The molecule has 12 heteroatoms. The number of amides is 3. The van der Waals surface area contributed by atoms with Gasteiger partial charge in [0, 0.05) is 13.0 Å². The zero-order chi connectivity index (χ0) is 29.5. The lowest BCUT2D eigenvalue weighted by molar-refractivity contribution is -0.142. The molecule has 3 amide bonds. The molecule has 0 saturated carbocycles. The predicted octanol–water partition coefficient (Wildman–Crippen LogP) is 0.241. The highest BCUT2D eigenvalue weighted by atomic mass is 16.4. The van der Waals surface area contributed by atoms with Gasteiger partial charge in [-0.15, -0.1) is 0 Å². The molecule has 0 spiro atoms. The van der Waals surface area contributed by atoms with Crippen LogP contribution in [0.25, 0.3) is 0 Å². The first-order valence-electron chi connectivity index (χ1n) is 13.4. The van der Waals surface area contributed by atoms with Gasteiger partial charge in [-0.2, -0.15) is 0 Å². The molecule has 0 aliphatic rings. The molecule has 0 saturated heterocycles. The van der Waals surface area contributed by atoms with Crippen LogP contribution in [0.4, 0.5) is 0 Å². The molecule has 0 radical (unpaired) electrons. The number of nitrogens with one attached hydrogen (secondary N) is 3. The highest BCUT2D eigenvalue weighted by molar-refractivity contribution is 5.94. The summed E-state index contributed by atoms with van der Waals surface area (Å²) >= 11 is 0. The molecule has 39 heavy (non-hydrogen) atoms. The highest BCUT2D eigenvalue weighted by Crippen LogP contribution is 2.12. The summed E-state index contributed by atoms with van der Waals surface area (Å²) in [7, 11) is 0. The second-order valence-electron chi connectivity index (χ2n) is 9.88. The molecule has 6 unspecified atom stereocenters. The third-order valence-corrected chi connectivity index (χ3v) is 6.83. The second-order valence-corrected chi connectivity index (χ2v) is 9.88. The number of guanidine groups is 1. The smallest absolute Gasteiger partial charge is 0.326 e. The molecule has 0 fully saturated rings. The summed E-state index contributed by atoms with van der Waals surface area (Å²) in [6.07, 6.45) is 1.82. The van der Waals surface area contributed by atoms with Gasteiger partial charge in [-0.1, -0.05) is 70.9 Å². The SMILES string of the molecule is CCC(C)C(N)C(=O)NC(C(=O)NC(CCCN=C(N)N)C(=O)NC(Cc1ccccc1)C(=O)O)C(C)CC. The van der Waals surface area contributed by atoms with Crippen molar-refractivity contribution in [3.05, 3.63) is 35.9 Å². The van der Waals surface area contributed by atoms with Crippen LogP contribution in [0.15, 0.2) is 35.3 Å². The van der Waals surface area contributed by atoms with Crippen molar-refractivity contribution >= 4 is 29.7 Å². The summed E-state index contributed by atoms with van der Waals surface area (Å²) in [4.78, 5) is 55.2. The minimum absolute atomic E-state index is 0.0651. The normalized spacial score (nSPS) is 15.5. The van der Waals surface area contributed by atoms with Crippen molar-refractivity contribution in [2.75, 3.05) is 6.54 Å². The molecule has 6 atom stereocenters. The molecule has 1 aromatic rings. The quantitative estimate of drug-likeness (QED) is 0.0812. The summed E-state index contributed by atoms with van der Waals surface area (Å²) in [5.41, 5.74) is 17.5. The van der Waals surface area contributed by atoms with Gasteiger partial charge in [0.15, 0.2) is 5.96 Å². The van der Waals surface area contributed by atoms with E-state index >= 15 is 0 Å². The minimum Gasteiger partial charge on any atom is -0.480 e. The van der Waals surface area contributed by atoms with E-state index in [2.05, 4.69) is 20.9 Å². The predicted molar refractivity (Wildman–Crippen MR) is 150 cm³/mol. The van der Waals surface area contributed by atoms with Crippen molar-refractivity contribution < 1.29 is 24.3 Å². The Kier molecular flexibility index (Phi) is 14.6. The van der Waals surface area contributed by atoms with E-state index in [1.54, 1.807) is 24.3 Å². The molecule has 0 aliphatic carbocycles. The lowest BCUT2D eigenvalue weighted by Crippen LogP contribution is -2.59. The van der Waals surface area contributed by atoms with Crippen LogP contribution in [-0.4, -0.2) is 65.5 Å². The Hall–Kier alpha value is -3.67. The van der Waals surface area contributed by atoms with Crippen molar-refractivity contribution in [1.82, 2.24) is 16.0 Å². The van der Waals surface area contributed by atoms with Crippen molar-refractivity contribution in [2.24, 2.45) is 34.0 Å². The van der Waals surface area contributed by atoms with E-state index in [1.165, 1.54) is 0 Å². The maximum atomic E-state index is 13.4. The molecule has 218 valence electrons. The van der Waals surface area contributed by atoms with Crippen LogP contribution in [0.3, 0.4) is 0 Å². The lowest BCUT2D eigenvalue weighted by atomic mass is 9.95. The number of carboxylic acid groups (broad SMARTS) is 1. The largest absolute Gasteiger partial charge is 0.480 e. The summed E-state index contributed by atoms with van der Waals surface area (Å²) in [6.45, 7) is 7.68. The van der Waals surface area contributed by atoms with E-state index in [1.807, 2.05) is 33.8 Å². The third-order valence-electron chi connectivity index (χ3n) is 6.83. The first kappa shape index (κ1) is 33.4. The van der Waals surface area contributed by atoms with Crippen molar-refractivity contribution in [1.29, 1.82) is 0 Å². The summed E-state index contributed by atoms with van der Waals surface area (Å²) in [5.74, 6) is -3.33. The first-order chi connectivity index (χ1) is 18.4. The van der Waals surface area contributed by atoms with Crippen LogP contribution >= 0.6 is 0 Å². The van der Waals surface area contributed by atoms with Gasteiger partial charge in [-0.05, 0) is 30.2 Å². The number of rotatable bonds is 17. The topological polar surface area (TPSA) is 215 Å². The van der Waals surface area contributed by atoms with Crippen molar-refractivity contribution in [3.63, 3.8) is 0 Å². The molecule has 0 bridgehead atoms. The number of aliphatic carboxylic acids is 1. The number of carboxylic acids is 1. The van der Waals surface area contributed by atoms with Gasteiger partial charge >= 0.3 is 5.97 Å². The fourth-order valence-electron chi connectivity index (χ4n) is 3.82. The van der Waals surface area contributed by atoms with E-state index in [9.17, 15) is 24.3 Å². The zero-order valence-corrected chi connectivity index (χ0v) is 23.4. The molecule has 10 N–H and O–H groups in total. The Bertz CT molecular complexity index is 969. The number of hydrogen-bond acceptors (Lipinski definition) is 6. The van der Waals surface area contributed by atoms with Gasteiger partial charge in [0.05, 0.1) is 6.04 Å². The molecular weight excluding hydrogens is 502 g/mol. The Balaban J connectivity index is 3.11. The maximum Gasteiger partial charge on any atom is 0.326 e. The standard InChI is InChI=1S/C27H45N7O5/c1-5-16(3)21(28)24(36)34-22(17(4)6-2)25(37)32-19(13-10-14-31-27(29)30)23(35)33-20(26(38)39)15-18-11-8-7-9-12-18/h7-9,11-12,16-17,19-22H,5-6,10,13-15,28H2,1-4H3,(H,32,37)(H,33,35)(H,34,36)(H,38,39)(H4,29,30,31). The molecule has 12 nitrogen and oxygen atoms in total. The van der Waals surface area contributed by atoms with Gasteiger partial charge < -0.3 is 38.3 Å². The van der Waals surface area contributed by atoms with Crippen LogP contribution in [0.2, 0.25) is 0 Å². The zero-order valence-electron chi connectivity index (χ0n) is 23.4. The number of nitrogens with zero attached hydrogens (tertiary/aromatic N) is 1. The lowest BCUT2D eigenvalue weighted by Gasteiger charge is -2.28. The number of aliphatic imine (C=N–C) groups is 1. The van der Waals surface area contributed by atoms with Crippen molar-refractivity contribution in [3.8, 4) is 0 Å². The van der Waals surface area contributed by atoms with E-state index in [4.69, 9.17) is 17.2 Å². The number of nitrogens with two attached hydrogens (primary N) is 3. The minimum atomic E-state index is -1.21. The van der Waals surface area contributed by atoms with Crippen LogP contribution < -0.4 is 33.2 Å². The maximum absolute atomic E-state index is 13.4. The molecule has 1 aromatic carbocycles. The fourth-order valence-corrected chi connectivity index (χ4v) is 3.82. The first-order valence-corrected chi connectivity index (χ1v) is 13.4. The van der Waals surface area contributed by atoms with E-state index in [0.717, 1.165) is 5.56 Å². The van der Waals surface area contributed by atoms with Gasteiger partial charge in [0.25, 0.3) is 0 Å². The third kappa shape index (κ3) is 11.7. The molecule has 0 aliphatic heterocycles. The molecule has 0 heterocycles. The van der Waals surface area contributed by atoms with Gasteiger partial charge in [0.2, 0.25) is 17.7 Å². The van der Waals surface area contributed by atoms with Crippen LogP contribution in [0.1, 0.15) is 58.9 Å². The van der Waals surface area contributed by atoms with Crippen LogP contribution in [0, 0.1) is 11.8 Å². The summed E-state index contributed by atoms with van der Waals surface area (Å²) in [5, 5.41) is 17.7. The van der Waals surface area contributed by atoms with E-state index < -0.39 is 47.9 Å². The number of hydrogen-bond donors (Lipinski definition) is 7. The van der Waals surface area contributed by atoms with Crippen LogP contribution in [0.5, 0.6) is 0 Å². The summed E-state index contributed by atoms with van der Waals surface area (Å²) < 4.78 is 0. The van der Waals surface area contributed by atoms with Gasteiger partial charge in [-0.3, -0.25) is 19.4 Å². The Morgan fingerprint density at radius 1 is 0.872 bits per heavy atom. The Morgan fingerprint density at radius 3 is 2.00 bits per heavy atom. The van der Waals surface area contributed by atoms with Gasteiger partial charge in [-0.25, -0.2) is 4.79 Å². The van der Waals surface area contributed by atoms with Crippen molar-refractivity contribution in [2.45, 2.75) is 84.0 Å². The number of carbonyl (C=O) groups is 4. The van der Waals surface area contributed by atoms with E-state index in [-0.39, 0.29) is 37.2 Å². The van der Waals surface area contributed by atoms with Crippen LogP contribution in [-0.2, 0) is 25.6 Å². The number of carbonyl (C=O) groups excluding carboxylic acids is 3. The highest BCUT2D eigenvalue weighted by Gasteiger charge is 2.33. The Labute approximate surface area is 230 Å². The number of benzene rings is 1. The second kappa shape index (κ2) is 17.0. The average Bonchev–Trinajstić information content (AvgIpc) is 2.91. The summed E-state index contributed by atoms with van der Waals surface area (Å²) in [6, 6.07) is 4.86. The molecular formula is C27H45N7O5. The monoisotopic (exact) mass is 547 g/mol. The molecule has 0 aromatic heterocycles. The van der Waals surface area contributed by atoms with Gasteiger partial charge in [0.1, 0.15) is 18.1 Å².